The topological polar surface area (TPSA) is 111 Å². The van der Waals surface area contributed by atoms with E-state index in [0.717, 1.165) is 5.56 Å². The molecule has 3 N–H and O–H groups in total. The van der Waals surface area contributed by atoms with E-state index in [-0.39, 0.29) is 12.2 Å². The van der Waals surface area contributed by atoms with Gasteiger partial charge in [0.15, 0.2) is 0 Å². The summed E-state index contributed by atoms with van der Waals surface area (Å²) in [5.41, 5.74) is 6.63. The fourth-order valence-electron chi connectivity index (χ4n) is 1.64. The van der Waals surface area contributed by atoms with Crippen molar-refractivity contribution in [3.63, 3.8) is 0 Å². The number of thiol groups is 1. The molecule has 1 heterocycles. The molecule has 0 unspecified atom stereocenters. The summed E-state index contributed by atoms with van der Waals surface area (Å²) in [5.74, 6) is -0.182. The van der Waals surface area contributed by atoms with Crippen LogP contribution in [0.5, 0.6) is 5.75 Å². The molecule has 2 aromatic rings. The molecule has 0 spiro atoms. The Hall–Kier alpha value is -2.61. The zero-order chi connectivity index (χ0) is 15.2. The molecule has 1 aromatic carbocycles. The zero-order valence-corrected chi connectivity index (χ0v) is 11.7. The molecule has 0 saturated heterocycles. The molecule has 110 valence electrons. The smallest absolute Gasteiger partial charge is 0.250 e. The lowest BCUT2D eigenvalue weighted by Gasteiger charge is -2.08. The number of aromatic nitrogens is 1. The van der Waals surface area contributed by atoms with Gasteiger partial charge in [0.25, 0.3) is 0 Å². The van der Waals surface area contributed by atoms with Gasteiger partial charge < -0.3 is 10.5 Å². The molecule has 8 heteroatoms. The summed E-state index contributed by atoms with van der Waals surface area (Å²) in [6.45, 7) is 0.203. The lowest BCUT2D eigenvalue weighted by atomic mass is 10.2. The van der Waals surface area contributed by atoms with Crippen LogP contribution < -0.4 is 15.2 Å². The van der Waals surface area contributed by atoms with Crippen molar-refractivity contribution >= 4 is 22.5 Å². The van der Waals surface area contributed by atoms with Crippen LogP contribution in [0.25, 0.3) is 0 Å². The van der Waals surface area contributed by atoms with Crippen LogP contribution >= 0.6 is 0 Å². The van der Waals surface area contributed by atoms with Crippen molar-refractivity contribution < 1.29 is 17.9 Å². The molecule has 21 heavy (non-hydrogen) atoms. The highest BCUT2D eigenvalue weighted by atomic mass is 32.2. The molecule has 1 aromatic heterocycles. The highest BCUT2D eigenvalue weighted by Crippen LogP contribution is 2.15. The maximum atomic E-state index is 11.0. The number of hydrogen-bond acceptors (Lipinski definition) is 5. The van der Waals surface area contributed by atoms with Gasteiger partial charge in [0.2, 0.25) is 16.8 Å². The minimum Gasteiger partial charge on any atom is -0.487 e. The molecule has 0 atom stereocenters. The average Bonchev–Trinajstić information content (AvgIpc) is 2.45. The number of nitrogens with zero attached hydrogens (tertiary/aromatic N) is 1. The average molecular weight is 307 g/mol. The van der Waals surface area contributed by atoms with E-state index in [1.165, 1.54) is 18.5 Å². The number of carbonyl (C=O) groups excluding carboxylic acids is 1. The second-order valence-corrected chi connectivity index (χ2v) is 4.87. The summed E-state index contributed by atoms with van der Waals surface area (Å²) in [7, 11) is -2.71. The van der Waals surface area contributed by atoms with E-state index >= 15 is 0 Å². The van der Waals surface area contributed by atoms with E-state index < -0.39 is 16.8 Å². The normalized spacial score (nSPS) is 10.3. The van der Waals surface area contributed by atoms with Crippen molar-refractivity contribution in [1.29, 1.82) is 0 Å². The van der Waals surface area contributed by atoms with Crippen molar-refractivity contribution in [2.45, 2.75) is 6.61 Å². The SMILES string of the molecule is NC(=O)c1cncc(OCc2cccc(N[SH](=O)=O)c2)c1. The Morgan fingerprint density at radius 1 is 1.29 bits per heavy atom. The Bertz CT molecular complexity index is 723. The molecule has 0 bridgehead atoms. The number of rotatable bonds is 6. The number of carbonyl (C=O) groups is 1. The predicted molar refractivity (Wildman–Crippen MR) is 77.5 cm³/mol. The lowest BCUT2D eigenvalue weighted by Crippen LogP contribution is -2.11. The van der Waals surface area contributed by atoms with Crippen molar-refractivity contribution in [2.75, 3.05) is 4.72 Å². The Morgan fingerprint density at radius 3 is 2.81 bits per heavy atom. The highest BCUT2D eigenvalue weighted by Gasteiger charge is 2.04. The van der Waals surface area contributed by atoms with Crippen LogP contribution in [0.2, 0.25) is 0 Å². The minimum absolute atomic E-state index is 0.203. The second kappa shape index (κ2) is 6.71. The number of nitrogens with two attached hydrogens (primary N) is 1. The van der Waals surface area contributed by atoms with Gasteiger partial charge in [-0.15, -0.1) is 0 Å². The summed E-state index contributed by atoms with van der Waals surface area (Å²) in [4.78, 5) is 14.9. The van der Waals surface area contributed by atoms with Crippen LogP contribution in [-0.4, -0.2) is 19.3 Å². The number of ether oxygens (including phenoxy) is 1. The largest absolute Gasteiger partial charge is 0.487 e. The van der Waals surface area contributed by atoms with Gasteiger partial charge >= 0.3 is 0 Å². The third kappa shape index (κ3) is 4.46. The fourth-order valence-corrected chi connectivity index (χ4v) is 1.99. The van der Waals surface area contributed by atoms with Gasteiger partial charge in [0.05, 0.1) is 11.8 Å². The van der Waals surface area contributed by atoms with Crippen LogP contribution in [0.4, 0.5) is 5.69 Å². The standard InChI is InChI=1S/C13H13N3O4S/c14-13(17)10-5-12(7-15-6-10)20-8-9-2-1-3-11(4-9)16-21(18)19/h1-7,21H,8H2,(H2,14,17)(H,16,18,19). The molecule has 0 aliphatic carbocycles. The molecule has 1 amide bonds. The van der Waals surface area contributed by atoms with Gasteiger partial charge in [-0.05, 0) is 23.8 Å². The van der Waals surface area contributed by atoms with Gasteiger partial charge in [-0.25, -0.2) is 8.42 Å². The van der Waals surface area contributed by atoms with E-state index in [0.29, 0.717) is 11.4 Å². The number of benzene rings is 1. The third-order valence-corrected chi connectivity index (χ3v) is 2.99. The Morgan fingerprint density at radius 2 is 2.10 bits per heavy atom. The Balaban J connectivity index is 2.06. The van der Waals surface area contributed by atoms with E-state index in [2.05, 4.69) is 9.71 Å². The molecule has 0 aliphatic heterocycles. The van der Waals surface area contributed by atoms with Gasteiger partial charge in [-0.3, -0.25) is 14.5 Å². The third-order valence-electron chi connectivity index (χ3n) is 2.55. The minimum atomic E-state index is -2.71. The molecule has 0 saturated carbocycles. The van der Waals surface area contributed by atoms with Gasteiger partial charge in [-0.1, -0.05) is 12.1 Å². The maximum absolute atomic E-state index is 11.0. The van der Waals surface area contributed by atoms with E-state index in [1.54, 1.807) is 24.3 Å². The van der Waals surface area contributed by atoms with Crippen molar-refractivity contribution in [3.05, 3.63) is 53.9 Å². The van der Waals surface area contributed by atoms with Gasteiger partial charge in [0.1, 0.15) is 12.4 Å². The maximum Gasteiger partial charge on any atom is 0.250 e. The quantitative estimate of drug-likeness (QED) is 0.680. The number of pyridine rings is 1. The van der Waals surface area contributed by atoms with Crippen molar-refractivity contribution in [1.82, 2.24) is 4.98 Å². The fraction of sp³-hybridized carbons (Fsp3) is 0.0769. The first-order chi connectivity index (χ1) is 10.0. The second-order valence-electron chi connectivity index (χ2n) is 4.13. The first-order valence-electron chi connectivity index (χ1n) is 5.92. The summed E-state index contributed by atoms with van der Waals surface area (Å²) >= 11 is 0. The molecule has 7 nitrogen and oxygen atoms in total. The van der Waals surface area contributed by atoms with E-state index in [4.69, 9.17) is 10.5 Å². The number of amides is 1. The number of anilines is 1. The molecular weight excluding hydrogens is 294 g/mol. The number of primary amides is 1. The summed E-state index contributed by atoms with van der Waals surface area (Å²) in [5, 5.41) is 0. The Kier molecular flexibility index (Phi) is 4.72. The van der Waals surface area contributed by atoms with E-state index in [1.807, 2.05) is 0 Å². The molecular formula is C13H13N3O4S. The van der Waals surface area contributed by atoms with Crippen LogP contribution in [0.1, 0.15) is 15.9 Å². The lowest BCUT2D eigenvalue weighted by molar-refractivity contribution is 0.0999. The molecule has 2 rings (SSSR count). The van der Waals surface area contributed by atoms with Crippen molar-refractivity contribution in [2.24, 2.45) is 5.73 Å². The molecule has 0 fully saturated rings. The first kappa shape index (κ1) is 14.8. The summed E-state index contributed by atoms with van der Waals surface area (Å²) in [6.07, 6.45) is 2.81. The molecule has 0 radical (unpaired) electrons. The van der Waals surface area contributed by atoms with Crippen LogP contribution in [0.15, 0.2) is 42.7 Å². The van der Waals surface area contributed by atoms with Crippen LogP contribution in [0.3, 0.4) is 0 Å². The Labute approximate surface area is 122 Å². The zero-order valence-electron chi connectivity index (χ0n) is 10.9. The predicted octanol–water partition coefficient (Wildman–Crippen LogP) is 0.698. The van der Waals surface area contributed by atoms with Crippen molar-refractivity contribution in [3.8, 4) is 5.75 Å². The summed E-state index contributed by atoms with van der Waals surface area (Å²) < 4.78 is 29.0. The number of nitrogens with one attached hydrogen (secondary N) is 1. The molecule has 0 aliphatic rings. The van der Waals surface area contributed by atoms with Crippen LogP contribution in [-0.2, 0) is 17.5 Å². The summed E-state index contributed by atoms with van der Waals surface area (Å²) in [6, 6.07) is 8.26. The monoisotopic (exact) mass is 307 g/mol. The van der Waals surface area contributed by atoms with Crippen LogP contribution in [0, 0.1) is 0 Å². The van der Waals surface area contributed by atoms with E-state index in [9.17, 15) is 13.2 Å². The van der Waals surface area contributed by atoms with Gasteiger partial charge in [0, 0.05) is 11.9 Å². The van der Waals surface area contributed by atoms with Gasteiger partial charge in [-0.2, -0.15) is 0 Å². The number of hydrogen-bond donors (Lipinski definition) is 3. The first-order valence-corrected chi connectivity index (χ1v) is 7.10. The highest BCUT2D eigenvalue weighted by molar-refractivity contribution is 7.73.